The molecule has 3 unspecified atom stereocenters. The van der Waals surface area contributed by atoms with Crippen LogP contribution in [0.25, 0.3) is 0 Å². The first-order valence-electron chi connectivity index (χ1n) is 8.33. The van der Waals surface area contributed by atoms with E-state index in [0.29, 0.717) is 18.8 Å². The highest BCUT2D eigenvalue weighted by Gasteiger charge is 2.32. The van der Waals surface area contributed by atoms with Gasteiger partial charge in [0, 0.05) is 6.92 Å². The molecule has 1 saturated carbocycles. The molecule has 0 spiro atoms. The lowest BCUT2D eigenvalue weighted by molar-refractivity contribution is -0.181. The highest BCUT2D eigenvalue weighted by Crippen LogP contribution is 2.29. The molecule has 0 aromatic heterocycles. The summed E-state index contributed by atoms with van der Waals surface area (Å²) < 4.78 is 26.9. The lowest BCUT2D eigenvalue weighted by atomic mass is 9.85. The highest BCUT2D eigenvalue weighted by atomic mass is 16.7. The fourth-order valence-electron chi connectivity index (χ4n) is 2.51. The van der Waals surface area contributed by atoms with E-state index in [4.69, 9.17) is 28.8 Å². The van der Waals surface area contributed by atoms with Crippen molar-refractivity contribution in [1.29, 1.82) is 0 Å². The van der Waals surface area contributed by atoms with Crippen LogP contribution in [0.4, 0.5) is 0 Å². The third-order valence-corrected chi connectivity index (χ3v) is 3.78. The Kier molecular flexibility index (Phi) is 10.1. The number of hydrogen-bond acceptors (Lipinski definition) is 7. The Bertz CT molecular complexity index is 436. The Morgan fingerprint density at radius 1 is 1.08 bits per heavy atom. The summed E-state index contributed by atoms with van der Waals surface area (Å²) in [6.07, 6.45) is 1.77. The number of esters is 1. The fourth-order valence-corrected chi connectivity index (χ4v) is 2.51. The van der Waals surface area contributed by atoms with Crippen molar-refractivity contribution in [3.05, 3.63) is 12.3 Å². The molecule has 8 heteroatoms. The zero-order chi connectivity index (χ0) is 18.7. The number of rotatable bonds is 12. The van der Waals surface area contributed by atoms with Crippen molar-refractivity contribution in [1.82, 2.24) is 0 Å². The lowest BCUT2D eigenvalue weighted by Crippen LogP contribution is -2.40. The topological polar surface area (TPSA) is 101 Å². The van der Waals surface area contributed by atoms with E-state index < -0.39 is 5.97 Å². The maximum Gasteiger partial charge on any atom is 0.305 e. The smallest absolute Gasteiger partial charge is 0.305 e. The second-order valence-corrected chi connectivity index (χ2v) is 6.03. The fraction of sp³-hybridized carbons (Fsp3) is 0.765. The van der Waals surface area contributed by atoms with Gasteiger partial charge in [-0.05, 0) is 32.1 Å². The number of carbonyl (C=O) groups is 2. The van der Waals surface area contributed by atoms with Crippen LogP contribution < -0.4 is 0 Å². The molecule has 0 aromatic rings. The largest absolute Gasteiger partial charge is 0.481 e. The number of hydrogen-bond donors (Lipinski definition) is 1. The predicted molar refractivity (Wildman–Crippen MR) is 87.6 cm³/mol. The quantitative estimate of drug-likeness (QED) is 0.244. The van der Waals surface area contributed by atoms with Gasteiger partial charge < -0.3 is 28.8 Å². The molecule has 25 heavy (non-hydrogen) atoms. The first-order chi connectivity index (χ1) is 11.9. The number of carboxylic acids is 1. The van der Waals surface area contributed by atoms with Gasteiger partial charge in [-0.3, -0.25) is 9.59 Å². The summed E-state index contributed by atoms with van der Waals surface area (Å²) in [7, 11) is 0. The zero-order valence-electron chi connectivity index (χ0n) is 14.9. The Morgan fingerprint density at radius 3 is 2.44 bits per heavy atom. The summed E-state index contributed by atoms with van der Waals surface area (Å²) in [5.41, 5.74) is 0. The van der Waals surface area contributed by atoms with Crippen LogP contribution >= 0.6 is 0 Å². The van der Waals surface area contributed by atoms with Crippen LogP contribution in [0.5, 0.6) is 0 Å². The SMILES string of the molecule is C=C(C)OCOC1CCC(COC(C)=O)CC1OCOCCC(=O)O. The van der Waals surface area contributed by atoms with Crippen LogP contribution in [-0.4, -0.2) is 56.1 Å². The Labute approximate surface area is 148 Å². The van der Waals surface area contributed by atoms with E-state index >= 15 is 0 Å². The van der Waals surface area contributed by atoms with Crippen molar-refractivity contribution in [2.75, 3.05) is 26.8 Å². The predicted octanol–water partition coefficient (Wildman–Crippen LogP) is 2.08. The Hall–Kier alpha value is -1.64. The van der Waals surface area contributed by atoms with Gasteiger partial charge in [-0.25, -0.2) is 0 Å². The molecule has 0 aliphatic heterocycles. The molecule has 1 rings (SSSR count). The molecule has 1 aliphatic rings. The standard InChI is InChI=1S/C17H28O8/c1-12(2)23-11-25-15-5-4-14(9-22-13(3)18)8-16(15)24-10-21-7-6-17(19)20/h14-16H,1,4-11H2,2-3H3,(H,19,20). The van der Waals surface area contributed by atoms with Crippen molar-refractivity contribution in [2.45, 2.75) is 51.7 Å². The van der Waals surface area contributed by atoms with Gasteiger partial charge in [0.2, 0.25) is 0 Å². The van der Waals surface area contributed by atoms with Crippen molar-refractivity contribution in [3.8, 4) is 0 Å². The highest BCUT2D eigenvalue weighted by molar-refractivity contribution is 5.66. The summed E-state index contributed by atoms with van der Waals surface area (Å²) in [6.45, 7) is 7.28. The molecular formula is C17H28O8. The lowest BCUT2D eigenvalue weighted by Gasteiger charge is -2.35. The van der Waals surface area contributed by atoms with Crippen molar-refractivity contribution in [3.63, 3.8) is 0 Å². The Balaban J connectivity index is 2.43. The molecule has 0 saturated heterocycles. The molecule has 1 fully saturated rings. The minimum Gasteiger partial charge on any atom is -0.481 e. The van der Waals surface area contributed by atoms with Crippen LogP contribution in [-0.2, 0) is 33.3 Å². The van der Waals surface area contributed by atoms with Gasteiger partial charge >= 0.3 is 11.9 Å². The van der Waals surface area contributed by atoms with Crippen LogP contribution in [0, 0.1) is 5.92 Å². The minimum atomic E-state index is -0.919. The number of carbonyl (C=O) groups excluding carboxylic acids is 1. The number of ether oxygens (including phenoxy) is 5. The monoisotopic (exact) mass is 360 g/mol. The van der Waals surface area contributed by atoms with Crippen LogP contribution in [0.3, 0.4) is 0 Å². The number of carboxylic acid groups (broad SMARTS) is 1. The molecule has 1 N–H and O–H groups in total. The van der Waals surface area contributed by atoms with Crippen molar-refractivity contribution < 1.29 is 38.4 Å². The molecule has 144 valence electrons. The van der Waals surface area contributed by atoms with Gasteiger partial charge in [0.05, 0.1) is 37.6 Å². The second kappa shape index (κ2) is 11.8. The number of aliphatic carboxylic acids is 1. The van der Waals surface area contributed by atoms with Crippen LogP contribution in [0.2, 0.25) is 0 Å². The number of allylic oxidation sites excluding steroid dienone is 1. The zero-order valence-corrected chi connectivity index (χ0v) is 14.9. The molecule has 3 atom stereocenters. The van der Waals surface area contributed by atoms with E-state index in [1.54, 1.807) is 6.92 Å². The average molecular weight is 360 g/mol. The van der Waals surface area contributed by atoms with Crippen molar-refractivity contribution in [2.24, 2.45) is 5.92 Å². The molecule has 1 aliphatic carbocycles. The van der Waals surface area contributed by atoms with E-state index in [1.807, 2.05) is 0 Å². The van der Waals surface area contributed by atoms with Crippen molar-refractivity contribution >= 4 is 11.9 Å². The summed E-state index contributed by atoms with van der Waals surface area (Å²) in [4.78, 5) is 21.4. The van der Waals surface area contributed by atoms with E-state index in [1.165, 1.54) is 6.92 Å². The van der Waals surface area contributed by atoms with E-state index in [0.717, 1.165) is 12.8 Å². The second-order valence-electron chi connectivity index (χ2n) is 6.03. The van der Waals surface area contributed by atoms with Gasteiger partial charge in [0.25, 0.3) is 0 Å². The maximum absolute atomic E-state index is 11.0. The summed E-state index contributed by atoms with van der Waals surface area (Å²) in [5.74, 6) is -0.465. The third kappa shape index (κ3) is 10.1. The molecule has 0 bridgehead atoms. The van der Waals surface area contributed by atoms with Gasteiger partial charge in [-0.2, -0.15) is 0 Å². The molecule has 0 heterocycles. The summed E-state index contributed by atoms with van der Waals surface area (Å²) in [6, 6.07) is 0. The van der Waals surface area contributed by atoms with E-state index in [9.17, 15) is 9.59 Å². The molecule has 0 radical (unpaired) electrons. The van der Waals surface area contributed by atoms with Gasteiger partial charge in [0.1, 0.15) is 6.79 Å². The molecular weight excluding hydrogens is 332 g/mol. The van der Waals surface area contributed by atoms with E-state index in [2.05, 4.69) is 6.58 Å². The average Bonchev–Trinajstić information content (AvgIpc) is 2.53. The summed E-state index contributed by atoms with van der Waals surface area (Å²) in [5, 5.41) is 8.58. The first-order valence-corrected chi connectivity index (χ1v) is 8.33. The van der Waals surface area contributed by atoms with Gasteiger partial charge in [-0.1, -0.05) is 6.58 Å². The summed E-state index contributed by atoms with van der Waals surface area (Å²) >= 11 is 0. The van der Waals surface area contributed by atoms with Crippen LogP contribution in [0.15, 0.2) is 12.3 Å². The normalized spacial score (nSPS) is 23.0. The molecule has 8 nitrogen and oxygen atoms in total. The minimum absolute atomic E-state index is 0.0144. The van der Waals surface area contributed by atoms with Gasteiger partial charge in [-0.15, -0.1) is 0 Å². The molecule has 0 amide bonds. The van der Waals surface area contributed by atoms with Gasteiger partial charge in [0.15, 0.2) is 6.79 Å². The first kappa shape index (κ1) is 21.4. The molecule has 0 aromatic carbocycles. The van der Waals surface area contributed by atoms with Crippen LogP contribution in [0.1, 0.15) is 39.5 Å². The Morgan fingerprint density at radius 2 is 1.80 bits per heavy atom. The third-order valence-electron chi connectivity index (χ3n) is 3.78. The van der Waals surface area contributed by atoms with E-state index in [-0.39, 0.29) is 50.7 Å². The maximum atomic E-state index is 11.0.